The average molecular weight is 569 g/mol. The maximum Gasteiger partial charge on any atom is 0.408 e. The molecule has 0 heterocycles. The summed E-state index contributed by atoms with van der Waals surface area (Å²) in [6, 6.07) is 16.5. The summed E-state index contributed by atoms with van der Waals surface area (Å²) >= 11 is 1.46. The SMILES string of the molecule is C=CCSCN(C(=O)[C@@H](NC(=O)OC(C)(C)C)C(C)(C)C)[C@@H](CCc1ccc(-c2ccccc2)cc1)C(=O)OC. The third-order valence-electron chi connectivity index (χ3n) is 6.14. The van der Waals surface area contributed by atoms with Gasteiger partial charge in [0.25, 0.3) is 0 Å². The first-order valence-corrected chi connectivity index (χ1v) is 14.6. The number of nitrogens with one attached hydrogen (secondary N) is 1. The number of hydrogen-bond acceptors (Lipinski definition) is 6. The Morgan fingerprint density at radius 1 is 0.975 bits per heavy atom. The van der Waals surface area contributed by atoms with E-state index in [2.05, 4.69) is 36.2 Å². The topological polar surface area (TPSA) is 84.9 Å². The van der Waals surface area contributed by atoms with E-state index < -0.39 is 35.2 Å². The number of carbonyl (C=O) groups excluding carboxylic acids is 3. The zero-order chi connectivity index (χ0) is 29.9. The van der Waals surface area contributed by atoms with Crippen LogP contribution in [-0.4, -0.2) is 59.3 Å². The van der Waals surface area contributed by atoms with Crippen LogP contribution in [0.15, 0.2) is 67.3 Å². The molecule has 40 heavy (non-hydrogen) atoms. The molecule has 0 spiro atoms. The minimum absolute atomic E-state index is 0.236. The van der Waals surface area contributed by atoms with Gasteiger partial charge in [0, 0.05) is 5.75 Å². The van der Waals surface area contributed by atoms with E-state index in [4.69, 9.17) is 9.47 Å². The minimum atomic E-state index is -0.927. The Morgan fingerprint density at radius 2 is 1.57 bits per heavy atom. The summed E-state index contributed by atoms with van der Waals surface area (Å²) in [5.74, 6) is -0.0403. The number of esters is 1. The van der Waals surface area contributed by atoms with Gasteiger partial charge in [-0.05, 0) is 55.7 Å². The number of amides is 2. The van der Waals surface area contributed by atoms with Crippen LogP contribution in [0, 0.1) is 5.41 Å². The van der Waals surface area contributed by atoms with E-state index >= 15 is 0 Å². The first-order valence-electron chi connectivity index (χ1n) is 13.5. The predicted molar refractivity (Wildman–Crippen MR) is 163 cm³/mol. The number of aryl methyl sites for hydroxylation is 1. The lowest BCUT2D eigenvalue weighted by atomic mass is 9.85. The van der Waals surface area contributed by atoms with Gasteiger partial charge in [-0.25, -0.2) is 9.59 Å². The van der Waals surface area contributed by atoms with E-state index in [1.165, 1.54) is 23.8 Å². The zero-order valence-corrected chi connectivity index (χ0v) is 25.7. The lowest BCUT2D eigenvalue weighted by Gasteiger charge is -2.38. The van der Waals surface area contributed by atoms with Gasteiger partial charge < -0.3 is 19.7 Å². The quantitative estimate of drug-likeness (QED) is 0.137. The number of hydrogen-bond donors (Lipinski definition) is 1. The molecule has 2 atom stereocenters. The number of alkyl carbamates (subject to hydrolysis) is 1. The van der Waals surface area contributed by atoms with Crippen LogP contribution in [-0.2, 0) is 25.5 Å². The molecule has 0 aromatic heterocycles. The number of rotatable bonds is 12. The van der Waals surface area contributed by atoms with E-state index in [1.807, 2.05) is 51.1 Å². The second-order valence-electron chi connectivity index (χ2n) is 11.7. The van der Waals surface area contributed by atoms with Crippen LogP contribution < -0.4 is 5.32 Å². The standard InChI is InChI=1S/C32H44N2O5S/c1-9-21-40-22-34(28(35)27(31(2,3)4)33-30(37)39-32(5,6)7)26(29(36)38-8)20-17-23-15-18-25(19-16-23)24-13-11-10-12-14-24/h9-16,18-19,26-27H,1,17,20-22H2,2-8H3,(H,33,37)/t26-,27+/m0/s1. The largest absolute Gasteiger partial charge is 0.467 e. The number of benzene rings is 2. The fourth-order valence-electron chi connectivity index (χ4n) is 4.12. The Balaban J connectivity index is 2.32. The molecule has 2 amide bonds. The molecule has 0 radical (unpaired) electrons. The highest BCUT2D eigenvalue weighted by Crippen LogP contribution is 2.26. The van der Waals surface area contributed by atoms with Gasteiger partial charge in [0.1, 0.15) is 17.7 Å². The minimum Gasteiger partial charge on any atom is -0.467 e. The van der Waals surface area contributed by atoms with Crippen molar-refractivity contribution in [2.24, 2.45) is 5.41 Å². The van der Waals surface area contributed by atoms with Crippen molar-refractivity contribution in [3.63, 3.8) is 0 Å². The Labute approximate surface area is 243 Å². The van der Waals surface area contributed by atoms with Crippen LogP contribution in [0.5, 0.6) is 0 Å². The molecule has 7 nitrogen and oxygen atoms in total. The number of ether oxygens (including phenoxy) is 2. The third-order valence-corrected chi connectivity index (χ3v) is 7.07. The molecule has 0 saturated carbocycles. The maximum atomic E-state index is 14.1. The van der Waals surface area contributed by atoms with Crippen molar-refractivity contribution in [1.29, 1.82) is 0 Å². The Morgan fingerprint density at radius 3 is 2.10 bits per heavy atom. The van der Waals surface area contributed by atoms with Crippen LogP contribution >= 0.6 is 11.8 Å². The summed E-state index contributed by atoms with van der Waals surface area (Å²) in [6.45, 7) is 14.6. The van der Waals surface area contributed by atoms with E-state index in [0.717, 1.165) is 16.7 Å². The van der Waals surface area contributed by atoms with Crippen molar-refractivity contribution >= 4 is 29.7 Å². The fourth-order valence-corrected chi connectivity index (χ4v) is 4.89. The predicted octanol–water partition coefficient (Wildman–Crippen LogP) is 6.47. The maximum absolute atomic E-state index is 14.1. The Hall–Kier alpha value is -3.26. The smallest absolute Gasteiger partial charge is 0.408 e. The summed E-state index contributed by atoms with van der Waals surface area (Å²) in [7, 11) is 1.32. The molecule has 218 valence electrons. The van der Waals surface area contributed by atoms with Crippen molar-refractivity contribution in [2.75, 3.05) is 18.7 Å². The second-order valence-corrected chi connectivity index (χ2v) is 12.7. The molecule has 0 bridgehead atoms. The Kier molecular flexibility index (Phi) is 12.3. The molecule has 0 aliphatic rings. The van der Waals surface area contributed by atoms with Gasteiger partial charge in [0.05, 0.1) is 13.0 Å². The van der Waals surface area contributed by atoms with Gasteiger partial charge in [0.15, 0.2) is 0 Å². The van der Waals surface area contributed by atoms with Crippen LogP contribution in [0.2, 0.25) is 0 Å². The van der Waals surface area contributed by atoms with Crippen LogP contribution in [0.3, 0.4) is 0 Å². The average Bonchev–Trinajstić information content (AvgIpc) is 2.89. The van der Waals surface area contributed by atoms with E-state index in [9.17, 15) is 14.4 Å². The van der Waals surface area contributed by atoms with Gasteiger partial charge in [-0.3, -0.25) is 4.79 Å². The van der Waals surface area contributed by atoms with Crippen molar-refractivity contribution in [2.45, 2.75) is 72.1 Å². The summed E-state index contributed by atoms with van der Waals surface area (Å²) in [5.41, 5.74) is 1.90. The molecule has 0 fully saturated rings. The molecule has 1 N–H and O–H groups in total. The van der Waals surface area contributed by atoms with Crippen LogP contribution in [0.1, 0.15) is 53.5 Å². The molecular weight excluding hydrogens is 524 g/mol. The van der Waals surface area contributed by atoms with Gasteiger partial charge in [0.2, 0.25) is 5.91 Å². The van der Waals surface area contributed by atoms with Crippen LogP contribution in [0.25, 0.3) is 11.1 Å². The number of methoxy groups -OCH3 is 1. The normalized spacial score (nSPS) is 13.1. The first kappa shape index (κ1) is 32.9. The molecule has 0 aliphatic heterocycles. The van der Waals surface area contributed by atoms with Gasteiger partial charge >= 0.3 is 12.1 Å². The third kappa shape index (κ3) is 10.4. The molecule has 0 saturated heterocycles. The lowest BCUT2D eigenvalue weighted by molar-refractivity contribution is -0.154. The van der Waals surface area contributed by atoms with Crippen molar-refractivity contribution in [3.8, 4) is 11.1 Å². The van der Waals surface area contributed by atoms with E-state index in [0.29, 0.717) is 18.6 Å². The molecular formula is C32H44N2O5S. The van der Waals surface area contributed by atoms with Crippen molar-refractivity contribution in [1.82, 2.24) is 10.2 Å². The highest BCUT2D eigenvalue weighted by Gasteiger charge is 2.40. The molecule has 0 aliphatic carbocycles. The number of thioether (sulfide) groups is 1. The summed E-state index contributed by atoms with van der Waals surface area (Å²) < 4.78 is 10.6. The zero-order valence-electron chi connectivity index (χ0n) is 24.9. The van der Waals surface area contributed by atoms with Gasteiger partial charge in [-0.15, -0.1) is 18.3 Å². The molecule has 2 rings (SSSR count). The van der Waals surface area contributed by atoms with Crippen LogP contribution in [0.4, 0.5) is 4.79 Å². The molecule has 2 aromatic carbocycles. The molecule has 2 aromatic rings. The monoisotopic (exact) mass is 568 g/mol. The summed E-state index contributed by atoms with van der Waals surface area (Å²) in [6.07, 6.45) is 1.98. The molecule has 8 heteroatoms. The summed E-state index contributed by atoms with van der Waals surface area (Å²) in [5, 5.41) is 2.76. The Bertz CT molecular complexity index is 1120. The van der Waals surface area contributed by atoms with Gasteiger partial charge in [-0.1, -0.05) is 81.4 Å². The highest BCUT2D eigenvalue weighted by molar-refractivity contribution is 7.99. The van der Waals surface area contributed by atoms with Gasteiger partial charge in [-0.2, -0.15) is 0 Å². The highest BCUT2D eigenvalue weighted by atomic mass is 32.2. The number of carbonyl (C=O) groups is 3. The number of nitrogens with zero attached hydrogens (tertiary/aromatic N) is 1. The van der Waals surface area contributed by atoms with E-state index in [1.54, 1.807) is 26.8 Å². The molecule has 0 unspecified atom stereocenters. The van der Waals surface area contributed by atoms with Crippen molar-refractivity contribution < 1.29 is 23.9 Å². The van der Waals surface area contributed by atoms with Crippen molar-refractivity contribution in [3.05, 3.63) is 72.8 Å². The van der Waals surface area contributed by atoms with E-state index in [-0.39, 0.29) is 11.8 Å². The second kappa shape index (κ2) is 14.9. The fraction of sp³-hybridized carbons (Fsp3) is 0.469. The lowest BCUT2D eigenvalue weighted by Crippen LogP contribution is -2.58. The first-order chi connectivity index (χ1) is 18.8. The summed E-state index contributed by atoms with van der Waals surface area (Å²) in [4.78, 5) is 41.4.